The van der Waals surface area contributed by atoms with Crippen molar-refractivity contribution < 1.29 is 4.74 Å². The van der Waals surface area contributed by atoms with Gasteiger partial charge in [-0.25, -0.2) is 0 Å². The molecule has 0 amide bonds. The van der Waals surface area contributed by atoms with Crippen LogP contribution < -0.4 is 10.5 Å². The second-order valence-electron chi connectivity index (χ2n) is 4.99. The third-order valence-corrected chi connectivity index (χ3v) is 4.12. The van der Waals surface area contributed by atoms with Crippen molar-refractivity contribution in [2.24, 2.45) is 5.73 Å². The number of para-hydroxylation sites is 1. The molecule has 0 fully saturated rings. The van der Waals surface area contributed by atoms with E-state index in [4.69, 9.17) is 10.5 Å². The van der Waals surface area contributed by atoms with Crippen LogP contribution in [0.5, 0.6) is 5.75 Å². The summed E-state index contributed by atoms with van der Waals surface area (Å²) < 4.78 is 6.82. The van der Waals surface area contributed by atoms with E-state index in [9.17, 15) is 0 Å². The Morgan fingerprint density at radius 1 is 1.11 bits per heavy atom. The molecule has 1 atom stereocenters. The molecular weight excluding hydrogens is 302 g/mol. The number of hydrogen-bond acceptors (Lipinski definition) is 2. The van der Waals surface area contributed by atoms with Crippen LogP contribution in [0, 0.1) is 0 Å². The normalized spacial score (nSPS) is 17.3. The molecule has 0 spiro atoms. The number of hydrogen-bond donors (Lipinski definition) is 1. The monoisotopic (exact) mass is 317 g/mol. The number of halogens is 1. The van der Waals surface area contributed by atoms with Gasteiger partial charge in [-0.1, -0.05) is 30.3 Å². The van der Waals surface area contributed by atoms with Crippen LogP contribution in [0.15, 0.2) is 46.9 Å². The summed E-state index contributed by atoms with van der Waals surface area (Å²) >= 11 is 3.49. The first-order valence-corrected chi connectivity index (χ1v) is 7.25. The van der Waals surface area contributed by atoms with Gasteiger partial charge in [0.15, 0.2) is 0 Å². The minimum absolute atomic E-state index is 0.287. The second kappa shape index (κ2) is 5.35. The highest BCUT2D eigenvalue weighted by atomic mass is 79.9. The highest BCUT2D eigenvalue weighted by molar-refractivity contribution is 9.10. The van der Waals surface area contributed by atoms with Gasteiger partial charge in [0.1, 0.15) is 12.4 Å². The predicted octanol–water partition coefficient (Wildman–Crippen LogP) is 3.45. The molecule has 0 unspecified atom stereocenters. The molecule has 0 heterocycles. The first-order valence-electron chi connectivity index (χ1n) is 6.46. The fraction of sp³-hybridized carbons (Fsp3) is 0.250. The van der Waals surface area contributed by atoms with Crippen molar-refractivity contribution in [1.82, 2.24) is 0 Å². The molecule has 2 N–H and O–H groups in total. The zero-order valence-electron chi connectivity index (χ0n) is 10.6. The van der Waals surface area contributed by atoms with Gasteiger partial charge in [-0.05, 0) is 57.6 Å². The molecule has 0 radical (unpaired) electrons. The SMILES string of the molecule is N[C@H]1Cc2ccc(COc3ccccc3Br)cc2C1. The summed E-state index contributed by atoms with van der Waals surface area (Å²) in [6.07, 6.45) is 1.99. The van der Waals surface area contributed by atoms with Gasteiger partial charge in [-0.15, -0.1) is 0 Å². The second-order valence-corrected chi connectivity index (χ2v) is 5.84. The summed E-state index contributed by atoms with van der Waals surface area (Å²) in [5.74, 6) is 0.875. The van der Waals surface area contributed by atoms with Gasteiger partial charge in [-0.3, -0.25) is 0 Å². The van der Waals surface area contributed by atoms with Crippen molar-refractivity contribution in [3.05, 3.63) is 63.6 Å². The van der Waals surface area contributed by atoms with Crippen LogP contribution in [0.4, 0.5) is 0 Å². The van der Waals surface area contributed by atoms with Gasteiger partial charge >= 0.3 is 0 Å². The van der Waals surface area contributed by atoms with Crippen LogP contribution in [0.2, 0.25) is 0 Å². The van der Waals surface area contributed by atoms with Gasteiger partial charge in [0.05, 0.1) is 4.47 Å². The van der Waals surface area contributed by atoms with E-state index in [1.54, 1.807) is 0 Å². The maximum atomic E-state index is 5.98. The van der Waals surface area contributed by atoms with Gasteiger partial charge in [-0.2, -0.15) is 0 Å². The molecule has 3 rings (SSSR count). The quantitative estimate of drug-likeness (QED) is 0.941. The zero-order chi connectivity index (χ0) is 13.2. The van der Waals surface area contributed by atoms with Crippen LogP contribution in [0.25, 0.3) is 0 Å². The summed E-state index contributed by atoms with van der Waals surface area (Å²) in [6.45, 7) is 0.588. The largest absolute Gasteiger partial charge is 0.488 e. The van der Waals surface area contributed by atoms with Crippen LogP contribution in [-0.2, 0) is 19.4 Å². The first kappa shape index (κ1) is 12.7. The van der Waals surface area contributed by atoms with Crippen LogP contribution in [-0.4, -0.2) is 6.04 Å². The third kappa shape index (κ3) is 2.82. The van der Waals surface area contributed by atoms with E-state index < -0.39 is 0 Å². The number of benzene rings is 2. The molecule has 2 aromatic rings. The van der Waals surface area contributed by atoms with Gasteiger partial charge in [0.2, 0.25) is 0 Å². The van der Waals surface area contributed by atoms with E-state index in [-0.39, 0.29) is 6.04 Å². The fourth-order valence-corrected chi connectivity index (χ4v) is 2.92. The summed E-state index contributed by atoms with van der Waals surface area (Å²) in [7, 11) is 0. The lowest BCUT2D eigenvalue weighted by molar-refractivity contribution is 0.304. The Morgan fingerprint density at radius 2 is 1.89 bits per heavy atom. The minimum Gasteiger partial charge on any atom is -0.488 e. The summed E-state index contributed by atoms with van der Waals surface area (Å²) in [5, 5.41) is 0. The van der Waals surface area contributed by atoms with Gasteiger partial charge in [0.25, 0.3) is 0 Å². The van der Waals surface area contributed by atoms with E-state index in [0.717, 1.165) is 23.1 Å². The number of fused-ring (bicyclic) bond motifs is 1. The van der Waals surface area contributed by atoms with Crippen molar-refractivity contribution in [3.8, 4) is 5.75 Å². The van der Waals surface area contributed by atoms with E-state index in [2.05, 4.69) is 34.1 Å². The van der Waals surface area contributed by atoms with E-state index in [1.165, 1.54) is 16.7 Å². The van der Waals surface area contributed by atoms with Crippen LogP contribution >= 0.6 is 15.9 Å². The molecule has 2 nitrogen and oxygen atoms in total. The Labute approximate surface area is 121 Å². The lowest BCUT2D eigenvalue weighted by Gasteiger charge is -2.09. The highest BCUT2D eigenvalue weighted by Gasteiger charge is 2.17. The van der Waals surface area contributed by atoms with E-state index in [0.29, 0.717) is 6.61 Å². The molecule has 98 valence electrons. The Hall–Kier alpha value is -1.32. The van der Waals surface area contributed by atoms with Crippen LogP contribution in [0.1, 0.15) is 16.7 Å². The van der Waals surface area contributed by atoms with Crippen LogP contribution in [0.3, 0.4) is 0 Å². The third-order valence-electron chi connectivity index (χ3n) is 3.47. The average molecular weight is 318 g/mol. The molecule has 0 aromatic heterocycles. The maximum absolute atomic E-state index is 5.98. The first-order chi connectivity index (χ1) is 9.22. The Morgan fingerprint density at radius 3 is 2.74 bits per heavy atom. The summed E-state index contributed by atoms with van der Waals surface area (Å²) in [5.41, 5.74) is 9.94. The molecule has 3 heteroatoms. The summed E-state index contributed by atoms with van der Waals surface area (Å²) in [6, 6.07) is 14.7. The molecule has 1 aliphatic carbocycles. The number of rotatable bonds is 3. The van der Waals surface area contributed by atoms with Crippen molar-refractivity contribution in [2.45, 2.75) is 25.5 Å². The fourth-order valence-electron chi connectivity index (χ4n) is 2.52. The molecular formula is C16H16BrNO. The lowest BCUT2D eigenvalue weighted by atomic mass is 10.1. The maximum Gasteiger partial charge on any atom is 0.133 e. The minimum atomic E-state index is 0.287. The highest BCUT2D eigenvalue weighted by Crippen LogP contribution is 2.26. The molecule has 0 bridgehead atoms. The molecule has 19 heavy (non-hydrogen) atoms. The Kier molecular flexibility index (Phi) is 3.58. The molecule has 0 aliphatic heterocycles. The van der Waals surface area contributed by atoms with Gasteiger partial charge in [0, 0.05) is 6.04 Å². The Balaban J connectivity index is 1.72. The van der Waals surface area contributed by atoms with Crippen molar-refractivity contribution >= 4 is 15.9 Å². The zero-order valence-corrected chi connectivity index (χ0v) is 12.2. The molecule has 1 aliphatic rings. The average Bonchev–Trinajstić information content (AvgIpc) is 2.77. The van der Waals surface area contributed by atoms with E-state index in [1.807, 2.05) is 24.3 Å². The molecule has 2 aromatic carbocycles. The number of ether oxygens (including phenoxy) is 1. The standard InChI is InChI=1S/C16H16BrNO/c17-15-3-1-2-4-16(15)19-10-11-5-6-12-8-14(18)9-13(12)7-11/h1-7,14H,8-10,18H2/t14-/m0/s1. The topological polar surface area (TPSA) is 35.2 Å². The molecule has 0 saturated heterocycles. The molecule has 0 saturated carbocycles. The predicted molar refractivity (Wildman–Crippen MR) is 80.3 cm³/mol. The summed E-state index contributed by atoms with van der Waals surface area (Å²) in [4.78, 5) is 0. The number of nitrogens with two attached hydrogens (primary N) is 1. The van der Waals surface area contributed by atoms with Crippen molar-refractivity contribution in [2.75, 3.05) is 0 Å². The smallest absolute Gasteiger partial charge is 0.133 e. The van der Waals surface area contributed by atoms with Crippen molar-refractivity contribution in [3.63, 3.8) is 0 Å². The Bertz CT molecular complexity index is 597. The van der Waals surface area contributed by atoms with E-state index >= 15 is 0 Å². The lowest BCUT2D eigenvalue weighted by Crippen LogP contribution is -2.18. The van der Waals surface area contributed by atoms with Gasteiger partial charge < -0.3 is 10.5 Å². The van der Waals surface area contributed by atoms with Crippen molar-refractivity contribution in [1.29, 1.82) is 0 Å².